The van der Waals surface area contributed by atoms with E-state index in [1.54, 1.807) is 55.2 Å². The standard InChI is InChI=1S/C14H14N4O2/c1-10(14(19)16-13-7-8-18(2)17-13)20-12-5-3-11(9-15)4-6-12/h3-8,10H,1-2H3,(H,16,17,19). The summed E-state index contributed by atoms with van der Waals surface area (Å²) in [7, 11) is 1.77. The molecule has 2 rings (SSSR count). The third-order valence-corrected chi connectivity index (χ3v) is 2.63. The quantitative estimate of drug-likeness (QED) is 0.917. The maximum Gasteiger partial charge on any atom is 0.266 e. The Bertz CT molecular complexity index is 640. The predicted molar refractivity (Wildman–Crippen MR) is 73.1 cm³/mol. The zero-order valence-electron chi connectivity index (χ0n) is 11.2. The SMILES string of the molecule is CC(Oc1ccc(C#N)cc1)C(=O)Nc1ccn(C)n1. The number of ether oxygens (including phenoxy) is 1. The molecule has 1 unspecified atom stereocenters. The summed E-state index contributed by atoms with van der Waals surface area (Å²) < 4.78 is 7.10. The van der Waals surface area contributed by atoms with Gasteiger partial charge in [-0.15, -0.1) is 0 Å². The van der Waals surface area contributed by atoms with E-state index in [0.717, 1.165) is 0 Å². The van der Waals surface area contributed by atoms with Crippen LogP contribution in [0.4, 0.5) is 5.82 Å². The number of hydrogen-bond donors (Lipinski definition) is 1. The zero-order chi connectivity index (χ0) is 14.5. The van der Waals surface area contributed by atoms with Crippen molar-refractivity contribution in [2.75, 3.05) is 5.32 Å². The summed E-state index contributed by atoms with van der Waals surface area (Å²) in [5, 5.41) is 15.4. The number of amides is 1. The van der Waals surface area contributed by atoms with Crippen molar-refractivity contribution >= 4 is 11.7 Å². The van der Waals surface area contributed by atoms with E-state index in [4.69, 9.17) is 10.00 Å². The summed E-state index contributed by atoms with van der Waals surface area (Å²) >= 11 is 0. The Balaban J connectivity index is 1.95. The molecule has 0 bridgehead atoms. The van der Waals surface area contributed by atoms with Crippen LogP contribution in [0.2, 0.25) is 0 Å². The third kappa shape index (κ3) is 3.36. The Morgan fingerprint density at radius 1 is 1.40 bits per heavy atom. The molecule has 0 spiro atoms. The summed E-state index contributed by atoms with van der Waals surface area (Å²) in [6.45, 7) is 1.65. The molecule has 1 aromatic carbocycles. The van der Waals surface area contributed by atoms with Gasteiger partial charge in [0.25, 0.3) is 5.91 Å². The molecule has 6 nitrogen and oxygen atoms in total. The molecule has 6 heteroatoms. The Morgan fingerprint density at radius 3 is 2.65 bits per heavy atom. The fourth-order valence-electron chi connectivity index (χ4n) is 1.58. The number of hydrogen-bond acceptors (Lipinski definition) is 4. The van der Waals surface area contributed by atoms with Gasteiger partial charge in [-0.1, -0.05) is 0 Å². The minimum absolute atomic E-state index is 0.284. The number of carbonyl (C=O) groups excluding carboxylic acids is 1. The van der Waals surface area contributed by atoms with Gasteiger partial charge in [-0.3, -0.25) is 9.48 Å². The minimum atomic E-state index is -0.662. The number of nitrogens with one attached hydrogen (secondary N) is 1. The second-order valence-corrected chi connectivity index (χ2v) is 4.26. The highest BCUT2D eigenvalue weighted by Crippen LogP contribution is 2.14. The molecule has 102 valence electrons. The monoisotopic (exact) mass is 270 g/mol. The van der Waals surface area contributed by atoms with Crippen LogP contribution < -0.4 is 10.1 Å². The van der Waals surface area contributed by atoms with Gasteiger partial charge in [0.15, 0.2) is 11.9 Å². The van der Waals surface area contributed by atoms with Crippen LogP contribution in [-0.2, 0) is 11.8 Å². The third-order valence-electron chi connectivity index (χ3n) is 2.63. The molecular weight excluding hydrogens is 256 g/mol. The lowest BCUT2D eigenvalue weighted by Crippen LogP contribution is -2.30. The number of anilines is 1. The summed E-state index contributed by atoms with van der Waals surface area (Å²) in [5.74, 6) is 0.730. The average molecular weight is 270 g/mol. The van der Waals surface area contributed by atoms with Crippen molar-refractivity contribution in [2.45, 2.75) is 13.0 Å². The second kappa shape index (κ2) is 5.89. The van der Waals surface area contributed by atoms with Crippen molar-refractivity contribution in [3.63, 3.8) is 0 Å². The molecule has 1 atom stereocenters. The highest BCUT2D eigenvalue weighted by Gasteiger charge is 2.15. The van der Waals surface area contributed by atoms with Crippen molar-refractivity contribution in [2.24, 2.45) is 7.05 Å². The predicted octanol–water partition coefficient (Wildman–Crippen LogP) is 1.70. The lowest BCUT2D eigenvalue weighted by atomic mass is 10.2. The summed E-state index contributed by atoms with van der Waals surface area (Å²) in [5.41, 5.74) is 0.544. The van der Waals surface area contributed by atoms with Crippen LogP contribution in [0.3, 0.4) is 0 Å². The number of aromatic nitrogens is 2. The van der Waals surface area contributed by atoms with E-state index >= 15 is 0 Å². The van der Waals surface area contributed by atoms with Gasteiger partial charge in [0, 0.05) is 19.3 Å². The first-order chi connectivity index (χ1) is 9.58. The van der Waals surface area contributed by atoms with Gasteiger partial charge in [-0.25, -0.2) is 0 Å². The summed E-state index contributed by atoms with van der Waals surface area (Å²) in [6, 6.07) is 10.3. The van der Waals surface area contributed by atoms with Crippen molar-refractivity contribution in [1.82, 2.24) is 9.78 Å². The van der Waals surface area contributed by atoms with Crippen LogP contribution in [0.15, 0.2) is 36.5 Å². The van der Waals surface area contributed by atoms with E-state index in [1.165, 1.54) is 0 Å². The average Bonchev–Trinajstić information content (AvgIpc) is 2.85. The molecule has 1 aromatic heterocycles. The van der Waals surface area contributed by atoms with Crippen LogP contribution >= 0.6 is 0 Å². The first-order valence-corrected chi connectivity index (χ1v) is 6.06. The Morgan fingerprint density at radius 2 is 2.10 bits per heavy atom. The molecule has 0 fully saturated rings. The van der Waals surface area contributed by atoms with Gasteiger partial charge in [-0.05, 0) is 31.2 Å². The molecule has 0 radical (unpaired) electrons. The molecule has 20 heavy (non-hydrogen) atoms. The molecule has 1 N–H and O–H groups in total. The normalized spacial score (nSPS) is 11.4. The van der Waals surface area contributed by atoms with E-state index in [9.17, 15) is 4.79 Å². The van der Waals surface area contributed by atoms with Gasteiger partial charge in [0.2, 0.25) is 0 Å². The van der Waals surface area contributed by atoms with Gasteiger partial charge in [0.1, 0.15) is 5.75 Å². The van der Waals surface area contributed by atoms with Crippen LogP contribution in [0.25, 0.3) is 0 Å². The molecule has 2 aromatic rings. The van der Waals surface area contributed by atoms with E-state index in [2.05, 4.69) is 10.4 Å². The Labute approximate surface area is 116 Å². The smallest absolute Gasteiger partial charge is 0.266 e. The van der Waals surface area contributed by atoms with Crippen molar-refractivity contribution in [3.8, 4) is 11.8 Å². The number of rotatable bonds is 4. The number of benzene rings is 1. The van der Waals surface area contributed by atoms with Crippen LogP contribution in [-0.4, -0.2) is 21.8 Å². The molecular formula is C14H14N4O2. The number of nitrogens with zero attached hydrogens (tertiary/aromatic N) is 3. The number of aryl methyl sites for hydroxylation is 1. The van der Waals surface area contributed by atoms with Crippen LogP contribution in [0.5, 0.6) is 5.75 Å². The van der Waals surface area contributed by atoms with Gasteiger partial charge < -0.3 is 10.1 Å². The van der Waals surface area contributed by atoms with E-state index < -0.39 is 6.10 Å². The maximum absolute atomic E-state index is 11.9. The highest BCUT2D eigenvalue weighted by molar-refractivity contribution is 5.93. The highest BCUT2D eigenvalue weighted by atomic mass is 16.5. The molecule has 0 aliphatic carbocycles. The summed E-state index contributed by atoms with van der Waals surface area (Å²) in [6.07, 6.45) is 1.08. The van der Waals surface area contributed by atoms with Gasteiger partial charge in [0.05, 0.1) is 11.6 Å². The van der Waals surface area contributed by atoms with Crippen molar-refractivity contribution in [3.05, 3.63) is 42.1 Å². The van der Waals surface area contributed by atoms with Gasteiger partial charge >= 0.3 is 0 Å². The lowest BCUT2D eigenvalue weighted by molar-refractivity contribution is -0.122. The van der Waals surface area contributed by atoms with Gasteiger partial charge in [-0.2, -0.15) is 10.4 Å². The fourth-order valence-corrected chi connectivity index (χ4v) is 1.58. The number of carbonyl (C=O) groups is 1. The minimum Gasteiger partial charge on any atom is -0.481 e. The first kappa shape index (κ1) is 13.6. The lowest BCUT2D eigenvalue weighted by Gasteiger charge is -2.13. The molecule has 0 aliphatic heterocycles. The van der Waals surface area contributed by atoms with E-state index in [0.29, 0.717) is 17.1 Å². The zero-order valence-corrected chi connectivity index (χ0v) is 11.2. The Kier molecular flexibility index (Phi) is 4.01. The molecule has 0 saturated heterocycles. The van der Waals surface area contributed by atoms with Crippen molar-refractivity contribution < 1.29 is 9.53 Å². The molecule has 0 aliphatic rings. The summed E-state index contributed by atoms with van der Waals surface area (Å²) in [4.78, 5) is 11.9. The first-order valence-electron chi connectivity index (χ1n) is 6.06. The van der Waals surface area contributed by atoms with E-state index in [1.807, 2.05) is 6.07 Å². The Hall–Kier alpha value is -2.81. The van der Waals surface area contributed by atoms with E-state index in [-0.39, 0.29) is 5.91 Å². The van der Waals surface area contributed by atoms with Crippen molar-refractivity contribution in [1.29, 1.82) is 5.26 Å². The topological polar surface area (TPSA) is 79.9 Å². The fraction of sp³-hybridized carbons (Fsp3) is 0.214. The molecule has 1 amide bonds. The van der Waals surface area contributed by atoms with Crippen LogP contribution in [0, 0.1) is 11.3 Å². The van der Waals surface area contributed by atoms with Crippen LogP contribution in [0.1, 0.15) is 12.5 Å². The maximum atomic E-state index is 11.9. The largest absolute Gasteiger partial charge is 0.481 e. The number of nitriles is 1. The second-order valence-electron chi connectivity index (χ2n) is 4.26. The molecule has 0 saturated carbocycles. The molecule has 1 heterocycles.